The molecule has 0 amide bonds. The molecule has 0 heterocycles. The Morgan fingerprint density at radius 1 is 0.260 bits per heavy atom. The van der Waals surface area contributed by atoms with E-state index >= 15 is 0 Å². The van der Waals surface area contributed by atoms with E-state index in [4.69, 9.17) is 14.2 Å². The zero-order valence-electron chi connectivity index (χ0n) is 49.7. The topological polar surface area (TPSA) is 78.9 Å². The number of esters is 3. The third-order valence-corrected chi connectivity index (χ3v) is 15.3. The van der Waals surface area contributed by atoms with Crippen molar-refractivity contribution in [3.63, 3.8) is 0 Å². The van der Waals surface area contributed by atoms with E-state index in [9.17, 15) is 14.4 Å². The average Bonchev–Trinajstić information content (AvgIpc) is 3.39. The van der Waals surface area contributed by atoms with Crippen LogP contribution < -0.4 is 0 Å². The van der Waals surface area contributed by atoms with Gasteiger partial charge in [-0.1, -0.05) is 328 Å². The number of carbonyl (C=O) groups excluding carboxylic acids is 3. The Morgan fingerprint density at radius 3 is 0.685 bits per heavy atom. The lowest BCUT2D eigenvalue weighted by Gasteiger charge is -2.18. The summed E-state index contributed by atoms with van der Waals surface area (Å²) in [6.45, 7) is 6.70. The van der Waals surface area contributed by atoms with Crippen LogP contribution in [0.15, 0.2) is 12.2 Å². The minimum absolute atomic E-state index is 0.0633. The molecule has 0 rings (SSSR count). The van der Waals surface area contributed by atoms with Crippen molar-refractivity contribution < 1.29 is 28.6 Å². The van der Waals surface area contributed by atoms with E-state index in [0.29, 0.717) is 19.3 Å². The molecule has 0 aromatic carbocycles. The number of unbranched alkanes of at least 4 members (excludes halogenated alkanes) is 49. The molecule has 0 aliphatic heterocycles. The van der Waals surface area contributed by atoms with Crippen LogP contribution in [0.5, 0.6) is 0 Å². The molecule has 0 aromatic heterocycles. The number of hydrogen-bond donors (Lipinski definition) is 0. The fourth-order valence-electron chi connectivity index (χ4n) is 10.3. The Balaban J connectivity index is 4.15. The quantitative estimate of drug-likeness (QED) is 0.0261. The zero-order chi connectivity index (χ0) is 52.9. The first-order valence-corrected chi connectivity index (χ1v) is 33.2. The fourth-order valence-corrected chi connectivity index (χ4v) is 10.3. The second-order valence-corrected chi connectivity index (χ2v) is 22.7. The van der Waals surface area contributed by atoms with Gasteiger partial charge in [0.25, 0.3) is 0 Å². The van der Waals surface area contributed by atoms with Crippen LogP contribution in [0.2, 0.25) is 0 Å². The van der Waals surface area contributed by atoms with Gasteiger partial charge in [0.15, 0.2) is 6.10 Å². The van der Waals surface area contributed by atoms with Crippen molar-refractivity contribution >= 4 is 17.9 Å². The molecular formula is C67H128O6. The van der Waals surface area contributed by atoms with Crippen LogP contribution in [-0.2, 0) is 28.6 Å². The summed E-state index contributed by atoms with van der Waals surface area (Å²) in [5.41, 5.74) is 0. The SMILES string of the molecule is CCCCCCCCCC/C=C\CCCCCCCCCCCCCCCC(=O)OCC(COC(=O)CCCCCCCCCCCC)OC(=O)CCCCCCCCCCCCCCCCCCCCCC. The maximum atomic E-state index is 12.9. The van der Waals surface area contributed by atoms with Crippen LogP contribution in [0.4, 0.5) is 0 Å². The van der Waals surface area contributed by atoms with E-state index in [2.05, 4.69) is 32.9 Å². The first kappa shape index (κ1) is 71.2. The van der Waals surface area contributed by atoms with Gasteiger partial charge in [-0.3, -0.25) is 14.4 Å². The Kier molecular flexibility index (Phi) is 61.1. The average molecular weight is 1030 g/mol. The molecule has 0 saturated carbocycles. The Morgan fingerprint density at radius 2 is 0.452 bits per heavy atom. The second-order valence-electron chi connectivity index (χ2n) is 22.7. The molecular weight excluding hydrogens is 901 g/mol. The van der Waals surface area contributed by atoms with E-state index in [-0.39, 0.29) is 31.1 Å². The van der Waals surface area contributed by atoms with Crippen molar-refractivity contribution in [1.82, 2.24) is 0 Å². The lowest BCUT2D eigenvalue weighted by Crippen LogP contribution is -2.30. The summed E-state index contributed by atoms with van der Waals surface area (Å²) in [6.07, 6.45) is 73.8. The summed E-state index contributed by atoms with van der Waals surface area (Å²) in [7, 11) is 0. The second kappa shape index (κ2) is 62.7. The molecule has 0 aromatic rings. The fraction of sp³-hybridized carbons (Fsp3) is 0.925. The molecule has 0 aliphatic carbocycles. The van der Waals surface area contributed by atoms with Gasteiger partial charge in [-0.25, -0.2) is 0 Å². The maximum Gasteiger partial charge on any atom is 0.306 e. The lowest BCUT2D eigenvalue weighted by atomic mass is 10.0. The van der Waals surface area contributed by atoms with Gasteiger partial charge in [-0.05, 0) is 44.9 Å². The molecule has 0 spiro atoms. The van der Waals surface area contributed by atoms with E-state index in [1.807, 2.05) is 0 Å². The third-order valence-electron chi connectivity index (χ3n) is 15.3. The Hall–Kier alpha value is -1.85. The minimum atomic E-state index is -0.764. The summed E-state index contributed by atoms with van der Waals surface area (Å²) >= 11 is 0. The van der Waals surface area contributed by atoms with Crippen molar-refractivity contribution in [2.45, 2.75) is 386 Å². The minimum Gasteiger partial charge on any atom is -0.462 e. The smallest absolute Gasteiger partial charge is 0.306 e. The monoisotopic (exact) mass is 1030 g/mol. The van der Waals surface area contributed by atoms with Crippen LogP contribution >= 0.6 is 0 Å². The Bertz CT molecular complexity index is 1130. The number of carbonyl (C=O) groups is 3. The van der Waals surface area contributed by atoms with Crippen LogP contribution in [0.3, 0.4) is 0 Å². The summed E-state index contributed by atoms with van der Waals surface area (Å²) in [5, 5.41) is 0. The van der Waals surface area contributed by atoms with E-state index in [0.717, 1.165) is 57.8 Å². The van der Waals surface area contributed by atoms with Gasteiger partial charge >= 0.3 is 17.9 Å². The van der Waals surface area contributed by atoms with E-state index in [1.54, 1.807) is 0 Å². The molecule has 6 nitrogen and oxygen atoms in total. The van der Waals surface area contributed by atoms with Gasteiger partial charge in [0.05, 0.1) is 0 Å². The van der Waals surface area contributed by atoms with Gasteiger partial charge in [-0.2, -0.15) is 0 Å². The van der Waals surface area contributed by atoms with Crippen LogP contribution in [0.25, 0.3) is 0 Å². The highest BCUT2D eigenvalue weighted by atomic mass is 16.6. The third kappa shape index (κ3) is 60.9. The number of allylic oxidation sites excluding steroid dienone is 2. The molecule has 1 atom stereocenters. The van der Waals surface area contributed by atoms with Crippen molar-refractivity contribution in [3.05, 3.63) is 12.2 Å². The van der Waals surface area contributed by atoms with Crippen LogP contribution in [-0.4, -0.2) is 37.2 Å². The predicted octanol–water partition coefficient (Wildman–Crippen LogP) is 22.4. The molecule has 0 radical (unpaired) electrons. The molecule has 0 N–H and O–H groups in total. The first-order chi connectivity index (χ1) is 36.0. The number of hydrogen-bond acceptors (Lipinski definition) is 6. The number of rotatable bonds is 62. The summed E-state index contributed by atoms with van der Waals surface area (Å²) in [4.78, 5) is 38.2. The summed E-state index contributed by atoms with van der Waals surface area (Å²) in [5.74, 6) is -0.834. The van der Waals surface area contributed by atoms with E-state index < -0.39 is 6.10 Å². The molecule has 432 valence electrons. The standard InChI is InChI=1S/C67H128O6/c1-4-7-10-13-16-19-22-24-26-28-30-32-33-34-35-36-38-39-41-43-45-48-51-54-57-60-66(69)72-63-64(62-71-65(68)59-56-53-50-47-21-18-15-12-9-6-3)73-67(70)61-58-55-52-49-46-44-42-40-37-31-29-27-25-23-20-17-14-11-8-5-2/h28,30,64H,4-27,29,31-63H2,1-3H3/b30-28-. The predicted molar refractivity (Wildman–Crippen MR) is 317 cm³/mol. The van der Waals surface area contributed by atoms with Gasteiger partial charge in [0, 0.05) is 19.3 Å². The van der Waals surface area contributed by atoms with Crippen molar-refractivity contribution in [2.24, 2.45) is 0 Å². The molecule has 0 fully saturated rings. The first-order valence-electron chi connectivity index (χ1n) is 33.2. The van der Waals surface area contributed by atoms with Gasteiger partial charge in [0.1, 0.15) is 13.2 Å². The van der Waals surface area contributed by atoms with Crippen molar-refractivity contribution in [3.8, 4) is 0 Å². The Labute approximate surface area is 456 Å². The van der Waals surface area contributed by atoms with Gasteiger partial charge < -0.3 is 14.2 Å². The molecule has 1 unspecified atom stereocenters. The van der Waals surface area contributed by atoms with Crippen LogP contribution in [0, 0.1) is 0 Å². The highest BCUT2D eigenvalue weighted by molar-refractivity contribution is 5.71. The number of ether oxygens (including phenoxy) is 3. The zero-order valence-corrected chi connectivity index (χ0v) is 49.7. The van der Waals surface area contributed by atoms with Gasteiger partial charge in [0.2, 0.25) is 0 Å². The van der Waals surface area contributed by atoms with Crippen LogP contribution in [0.1, 0.15) is 380 Å². The van der Waals surface area contributed by atoms with Crippen molar-refractivity contribution in [1.29, 1.82) is 0 Å². The molecule has 6 heteroatoms. The summed E-state index contributed by atoms with van der Waals surface area (Å²) in [6, 6.07) is 0. The highest BCUT2D eigenvalue weighted by Crippen LogP contribution is 2.18. The molecule has 0 aliphatic rings. The molecule has 0 bridgehead atoms. The van der Waals surface area contributed by atoms with Gasteiger partial charge in [-0.15, -0.1) is 0 Å². The summed E-state index contributed by atoms with van der Waals surface area (Å²) < 4.78 is 16.9. The lowest BCUT2D eigenvalue weighted by molar-refractivity contribution is -0.167. The maximum absolute atomic E-state index is 12.9. The normalized spacial score (nSPS) is 12.0. The highest BCUT2D eigenvalue weighted by Gasteiger charge is 2.19. The van der Waals surface area contributed by atoms with Crippen molar-refractivity contribution in [2.75, 3.05) is 13.2 Å². The molecule has 73 heavy (non-hydrogen) atoms. The molecule has 0 saturated heterocycles. The van der Waals surface area contributed by atoms with E-state index in [1.165, 1.54) is 283 Å². The largest absolute Gasteiger partial charge is 0.462 e.